The van der Waals surface area contributed by atoms with Crippen LogP contribution in [0.25, 0.3) is 10.9 Å². The molecule has 3 N–H and O–H groups in total. The molecule has 0 radical (unpaired) electrons. The highest BCUT2D eigenvalue weighted by atomic mass is 35.5. The largest absolute Gasteiger partial charge is 1.00 e. The van der Waals surface area contributed by atoms with Crippen LogP contribution in [-0.2, 0) is 16.0 Å². The van der Waals surface area contributed by atoms with Crippen molar-refractivity contribution in [3.05, 3.63) is 46.1 Å². The number of carbonyl (C=O) groups is 1. The Kier molecular flexibility index (Phi) is 5.16. The van der Waals surface area contributed by atoms with Crippen molar-refractivity contribution >= 4 is 28.5 Å². The van der Waals surface area contributed by atoms with Gasteiger partial charge in [-0.1, -0.05) is 11.6 Å². The average Bonchev–Trinajstić information content (AvgIpc) is 2.85. The van der Waals surface area contributed by atoms with Crippen LogP contribution in [-0.4, -0.2) is 24.6 Å². The molecular formula is C16H18Cl2N2O2. The summed E-state index contributed by atoms with van der Waals surface area (Å²) in [5.41, 5.74) is 4.17. The third-order valence-corrected chi connectivity index (χ3v) is 4.22. The number of nitrogens with one attached hydrogen (secondary N) is 1. The molecule has 1 atom stereocenters. The normalized spacial score (nSPS) is 17.8. The summed E-state index contributed by atoms with van der Waals surface area (Å²) in [6.07, 6.45) is 2.96. The topological polar surface area (TPSA) is 58.7 Å². The quantitative estimate of drug-likeness (QED) is 0.550. The number of benzene rings is 1. The number of methoxy groups -OCH3 is 1. The van der Waals surface area contributed by atoms with Gasteiger partial charge in [0.1, 0.15) is 6.04 Å². The second-order valence-corrected chi connectivity index (χ2v) is 5.78. The lowest BCUT2D eigenvalue weighted by atomic mass is 9.98. The molecule has 0 saturated carbocycles. The zero-order valence-corrected chi connectivity index (χ0v) is 14.0. The molecule has 3 rings (SSSR count). The smallest absolute Gasteiger partial charge is 0.333 e. The summed E-state index contributed by atoms with van der Waals surface area (Å²) in [4.78, 5) is 15.1. The lowest BCUT2D eigenvalue weighted by molar-refractivity contribution is -0.689. The average molecular weight is 341 g/mol. The van der Waals surface area contributed by atoms with Crippen molar-refractivity contribution in [3.63, 3.8) is 0 Å². The highest BCUT2D eigenvalue weighted by molar-refractivity contribution is 6.31. The Labute approximate surface area is 140 Å². The van der Waals surface area contributed by atoms with Crippen molar-refractivity contribution in [2.24, 2.45) is 0 Å². The third kappa shape index (κ3) is 3.00. The van der Waals surface area contributed by atoms with Crippen LogP contribution in [0.5, 0.6) is 0 Å². The molecule has 22 heavy (non-hydrogen) atoms. The number of aromatic amines is 1. The number of hydrogen-bond donors (Lipinski definition) is 2. The van der Waals surface area contributed by atoms with Gasteiger partial charge in [0.25, 0.3) is 0 Å². The van der Waals surface area contributed by atoms with E-state index in [1.165, 1.54) is 18.1 Å². The van der Waals surface area contributed by atoms with Crippen LogP contribution < -0.4 is 17.7 Å². The highest BCUT2D eigenvalue weighted by Crippen LogP contribution is 2.30. The molecule has 1 aromatic heterocycles. The molecular weight excluding hydrogens is 323 g/mol. The van der Waals surface area contributed by atoms with Crippen LogP contribution in [0.4, 0.5) is 0 Å². The number of ether oxygens (including phenoxy) is 1. The zero-order valence-electron chi connectivity index (χ0n) is 12.5. The zero-order chi connectivity index (χ0) is 15.0. The molecule has 0 saturated heterocycles. The Hall–Kier alpha value is -1.49. The summed E-state index contributed by atoms with van der Waals surface area (Å²) in [6.45, 7) is 2.77. The lowest BCUT2D eigenvalue weighted by Gasteiger charge is -2.19. The summed E-state index contributed by atoms with van der Waals surface area (Å²) in [7, 11) is 1.40. The van der Waals surface area contributed by atoms with Crippen LogP contribution in [0.3, 0.4) is 0 Å². The fraction of sp³-hybridized carbons (Fsp3) is 0.312. The van der Waals surface area contributed by atoms with E-state index in [1.807, 2.05) is 24.3 Å². The van der Waals surface area contributed by atoms with E-state index in [4.69, 9.17) is 16.3 Å². The van der Waals surface area contributed by atoms with Crippen molar-refractivity contribution in [2.75, 3.05) is 13.7 Å². The second kappa shape index (κ2) is 6.73. The van der Waals surface area contributed by atoms with Gasteiger partial charge in [0.2, 0.25) is 0 Å². The number of carbonyl (C=O) groups excluding carboxylic acids is 1. The predicted octanol–water partition coefficient (Wildman–Crippen LogP) is -0.895. The van der Waals surface area contributed by atoms with E-state index in [0.29, 0.717) is 5.57 Å². The summed E-state index contributed by atoms with van der Waals surface area (Å²) in [5, 5.41) is 4.16. The SMILES string of the molecule is COC(=O)/C(C)=C/C1[NH2+]CCc2c1[nH]c1ccc(Cl)cc21.[Cl-]. The summed E-state index contributed by atoms with van der Waals surface area (Å²) in [5.74, 6) is -0.283. The minimum Gasteiger partial charge on any atom is -1.00 e. The van der Waals surface area contributed by atoms with E-state index in [0.717, 1.165) is 29.2 Å². The van der Waals surface area contributed by atoms with Gasteiger partial charge in [-0.25, -0.2) is 4.79 Å². The molecule has 4 nitrogen and oxygen atoms in total. The van der Waals surface area contributed by atoms with Gasteiger partial charge in [-0.15, -0.1) is 0 Å². The molecule has 1 aromatic carbocycles. The van der Waals surface area contributed by atoms with Gasteiger partial charge in [0, 0.05) is 27.9 Å². The van der Waals surface area contributed by atoms with Crippen LogP contribution in [0.1, 0.15) is 24.2 Å². The number of esters is 1. The molecule has 1 unspecified atom stereocenters. The molecule has 0 amide bonds. The minimum absolute atomic E-state index is 0. The summed E-state index contributed by atoms with van der Waals surface area (Å²) < 4.78 is 4.77. The standard InChI is InChI=1S/C16H17ClN2O2.ClH/c1-9(16(20)21-2)7-14-15-11(5-6-18-14)12-8-10(17)3-4-13(12)19-15;/h3-4,7-8,14,18-19H,5-6H2,1-2H3;1H/b9-7+;. The first-order chi connectivity index (χ1) is 10.1. The van der Waals surface area contributed by atoms with E-state index in [-0.39, 0.29) is 24.4 Å². The molecule has 0 spiro atoms. The summed E-state index contributed by atoms with van der Waals surface area (Å²) >= 11 is 6.10. The van der Waals surface area contributed by atoms with E-state index in [2.05, 4.69) is 10.3 Å². The second-order valence-electron chi connectivity index (χ2n) is 5.35. The monoisotopic (exact) mass is 340 g/mol. The fourth-order valence-electron chi connectivity index (χ4n) is 2.97. The molecule has 1 aliphatic heterocycles. The molecule has 118 valence electrons. The third-order valence-electron chi connectivity index (χ3n) is 3.99. The Morgan fingerprint density at radius 2 is 2.27 bits per heavy atom. The van der Waals surface area contributed by atoms with Gasteiger partial charge < -0.3 is 27.4 Å². The first kappa shape index (κ1) is 16.9. The molecule has 0 fully saturated rings. The number of quaternary nitrogens is 1. The van der Waals surface area contributed by atoms with Crippen LogP contribution in [0.15, 0.2) is 29.8 Å². The number of aromatic nitrogens is 1. The van der Waals surface area contributed by atoms with Crippen molar-refractivity contribution in [1.29, 1.82) is 0 Å². The van der Waals surface area contributed by atoms with Crippen LogP contribution in [0, 0.1) is 0 Å². The maximum atomic E-state index is 11.6. The van der Waals surface area contributed by atoms with E-state index in [1.54, 1.807) is 6.92 Å². The van der Waals surface area contributed by atoms with Gasteiger partial charge in [-0.2, -0.15) is 0 Å². The van der Waals surface area contributed by atoms with Crippen molar-refractivity contribution < 1.29 is 27.3 Å². The molecule has 0 bridgehead atoms. The Morgan fingerprint density at radius 1 is 1.50 bits per heavy atom. The Bertz CT molecular complexity index is 737. The summed E-state index contributed by atoms with van der Waals surface area (Å²) in [6, 6.07) is 6.01. The van der Waals surface area contributed by atoms with Gasteiger partial charge in [0.15, 0.2) is 0 Å². The lowest BCUT2D eigenvalue weighted by Crippen LogP contribution is -3.00. The number of fused-ring (bicyclic) bond motifs is 3. The Balaban J connectivity index is 0.00000176. The maximum absolute atomic E-state index is 11.6. The first-order valence-electron chi connectivity index (χ1n) is 7.00. The number of hydrogen-bond acceptors (Lipinski definition) is 2. The van der Waals surface area contributed by atoms with Crippen LogP contribution >= 0.6 is 11.6 Å². The number of H-pyrrole nitrogens is 1. The number of rotatable bonds is 2. The number of halogens is 2. The predicted molar refractivity (Wildman–Crippen MR) is 82.3 cm³/mol. The van der Waals surface area contributed by atoms with Gasteiger partial charge in [-0.05, 0) is 36.8 Å². The van der Waals surface area contributed by atoms with Crippen molar-refractivity contribution in [1.82, 2.24) is 4.98 Å². The van der Waals surface area contributed by atoms with Gasteiger partial charge in [0.05, 0.1) is 19.3 Å². The van der Waals surface area contributed by atoms with E-state index >= 15 is 0 Å². The highest BCUT2D eigenvalue weighted by Gasteiger charge is 2.26. The fourth-order valence-corrected chi connectivity index (χ4v) is 3.14. The van der Waals surface area contributed by atoms with Crippen molar-refractivity contribution in [3.8, 4) is 0 Å². The number of nitrogens with two attached hydrogens (primary N) is 1. The maximum Gasteiger partial charge on any atom is 0.333 e. The molecule has 1 aliphatic rings. The minimum atomic E-state index is -0.283. The molecule has 6 heteroatoms. The molecule has 2 aromatic rings. The Morgan fingerprint density at radius 3 is 3.00 bits per heavy atom. The first-order valence-corrected chi connectivity index (χ1v) is 7.38. The van der Waals surface area contributed by atoms with Gasteiger partial charge >= 0.3 is 5.97 Å². The molecule has 0 aliphatic carbocycles. The van der Waals surface area contributed by atoms with Crippen LogP contribution in [0.2, 0.25) is 5.02 Å². The van der Waals surface area contributed by atoms with E-state index in [9.17, 15) is 4.79 Å². The van der Waals surface area contributed by atoms with E-state index < -0.39 is 0 Å². The van der Waals surface area contributed by atoms with Crippen molar-refractivity contribution in [2.45, 2.75) is 19.4 Å². The van der Waals surface area contributed by atoms with Gasteiger partial charge in [-0.3, -0.25) is 0 Å². The molecule has 2 heterocycles.